The van der Waals surface area contributed by atoms with Crippen LogP contribution in [0.4, 0.5) is 0 Å². The number of aliphatic imine (C=N–C) groups is 1. The zero-order valence-electron chi connectivity index (χ0n) is 7.33. The predicted octanol–water partition coefficient (Wildman–Crippen LogP) is 0.138. The lowest BCUT2D eigenvalue weighted by molar-refractivity contribution is 0.422. The largest absolute Gasteiger partial charge is 0.304 e. The Kier molecular flexibility index (Phi) is 5.16. The summed E-state index contributed by atoms with van der Waals surface area (Å²) in [5.74, 6) is 0. The first-order chi connectivity index (χ1) is 4.63. The van der Waals surface area contributed by atoms with Crippen LogP contribution >= 0.6 is 0 Å². The van der Waals surface area contributed by atoms with Crippen molar-refractivity contribution in [1.29, 1.82) is 0 Å². The quantitative estimate of drug-likeness (QED) is 0.521. The van der Waals surface area contributed by atoms with Gasteiger partial charge in [-0.25, -0.2) is 0 Å². The molecule has 0 bridgehead atoms. The van der Waals surface area contributed by atoms with E-state index < -0.39 is 0 Å². The van der Waals surface area contributed by atoms with Gasteiger partial charge in [-0.05, 0) is 28.2 Å². The van der Waals surface area contributed by atoms with Crippen molar-refractivity contribution >= 4 is 6.21 Å². The second-order valence-corrected chi connectivity index (χ2v) is 2.85. The van der Waals surface area contributed by atoms with Crippen LogP contribution in [0.2, 0.25) is 0 Å². The number of nitrogens with zero attached hydrogens (tertiary/aromatic N) is 3. The van der Waals surface area contributed by atoms with Crippen LogP contribution in [-0.4, -0.2) is 57.4 Å². The highest BCUT2D eigenvalue weighted by atomic mass is 15.1. The molecule has 0 unspecified atom stereocenters. The molecular weight excluding hydrogens is 126 g/mol. The number of hydrogen-bond acceptors (Lipinski definition) is 3. The molecule has 0 aliphatic rings. The third-order valence-electron chi connectivity index (χ3n) is 0.940. The van der Waals surface area contributed by atoms with Crippen molar-refractivity contribution in [3.05, 3.63) is 0 Å². The van der Waals surface area contributed by atoms with Gasteiger partial charge in [0.2, 0.25) is 0 Å². The van der Waals surface area contributed by atoms with Crippen molar-refractivity contribution in [1.82, 2.24) is 9.80 Å². The Bertz CT molecular complexity index is 85.0. The van der Waals surface area contributed by atoms with Crippen LogP contribution in [-0.2, 0) is 0 Å². The van der Waals surface area contributed by atoms with Crippen LogP contribution in [0.15, 0.2) is 4.99 Å². The summed E-state index contributed by atoms with van der Waals surface area (Å²) < 4.78 is 0. The van der Waals surface area contributed by atoms with Crippen LogP contribution in [0.25, 0.3) is 0 Å². The van der Waals surface area contributed by atoms with Gasteiger partial charge in [-0.15, -0.1) is 0 Å². The summed E-state index contributed by atoms with van der Waals surface area (Å²) in [5.41, 5.74) is 0. The second kappa shape index (κ2) is 5.38. The summed E-state index contributed by atoms with van der Waals surface area (Å²) in [6.45, 7) is 1.71. The highest BCUT2D eigenvalue weighted by Crippen LogP contribution is 1.74. The van der Waals surface area contributed by atoms with E-state index >= 15 is 0 Å². The first-order valence-corrected chi connectivity index (χ1v) is 3.40. The van der Waals surface area contributed by atoms with E-state index in [0.29, 0.717) is 0 Å². The molecule has 3 heteroatoms. The van der Waals surface area contributed by atoms with Crippen LogP contribution in [0, 0.1) is 0 Å². The highest BCUT2D eigenvalue weighted by molar-refractivity contribution is 5.59. The van der Waals surface area contributed by atoms with Gasteiger partial charge in [0, 0.05) is 12.8 Å². The molecule has 0 heterocycles. The molecule has 10 heavy (non-hydrogen) atoms. The summed E-state index contributed by atoms with van der Waals surface area (Å²) >= 11 is 0. The fourth-order valence-electron chi connectivity index (χ4n) is 0.442. The van der Waals surface area contributed by atoms with E-state index in [2.05, 4.69) is 9.89 Å². The lowest BCUT2D eigenvalue weighted by atomic mass is 10.6. The highest BCUT2D eigenvalue weighted by Gasteiger charge is 1.83. The van der Waals surface area contributed by atoms with Gasteiger partial charge in [-0.3, -0.25) is 9.89 Å². The smallest absolute Gasteiger partial charge is 0.0901 e. The van der Waals surface area contributed by atoms with Crippen molar-refractivity contribution in [3.63, 3.8) is 0 Å². The number of hydrogen-bond donors (Lipinski definition) is 0. The minimum atomic E-state index is 0.786. The van der Waals surface area contributed by atoms with E-state index in [1.807, 2.05) is 39.3 Å². The maximum Gasteiger partial charge on any atom is 0.0901 e. The minimum Gasteiger partial charge on any atom is -0.304 e. The molecule has 60 valence electrons. The monoisotopic (exact) mass is 143 g/mol. The van der Waals surface area contributed by atoms with Gasteiger partial charge >= 0.3 is 0 Å². The predicted molar refractivity (Wildman–Crippen MR) is 45.6 cm³/mol. The summed E-state index contributed by atoms with van der Waals surface area (Å²) in [6, 6.07) is 0. The van der Waals surface area contributed by atoms with E-state index in [1.54, 1.807) is 0 Å². The molecule has 0 aliphatic heterocycles. The van der Waals surface area contributed by atoms with Crippen LogP contribution in [0.3, 0.4) is 0 Å². The maximum atomic E-state index is 4.17. The van der Waals surface area contributed by atoms with Gasteiger partial charge in [0.1, 0.15) is 0 Å². The normalized spacial score (nSPS) is 12.2. The molecule has 0 spiro atoms. The SMILES string of the molecule is CN(C)CC=NCN(C)C. The molecule has 0 aromatic rings. The second-order valence-electron chi connectivity index (χ2n) is 2.85. The Morgan fingerprint density at radius 3 is 2.10 bits per heavy atom. The molecule has 0 aliphatic carbocycles. The summed E-state index contributed by atoms with van der Waals surface area (Å²) in [5, 5.41) is 0. The van der Waals surface area contributed by atoms with Crippen molar-refractivity contribution in [2.45, 2.75) is 0 Å². The third kappa shape index (κ3) is 7.59. The average molecular weight is 143 g/mol. The molecule has 0 saturated heterocycles. The average Bonchev–Trinajstić information content (AvgIpc) is 1.79. The maximum absolute atomic E-state index is 4.17. The molecule has 0 saturated carbocycles. The van der Waals surface area contributed by atoms with E-state index in [0.717, 1.165) is 13.2 Å². The lowest BCUT2D eigenvalue weighted by Crippen LogP contribution is -2.16. The van der Waals surface area contributed by atoms with Crippen molar-refractivity contribution in [2.24, 2.45) is 4.99 Å². The molecular formula is C7H17N3. The Labute approximate surface area is 63.3 Å². The van der Waals surface area contributed by atoms with Crippen molar-refractivity contribution in [2.75, 3.05) is 41.4 Å². The first kappa shape index (κ1) is 9.59. The fourth-order valence-corrected chi connectivity index (χ4v) is 0.442. The Balaban J connectivity index is 3.20. The van der Waals surface area contributed by atoms with Crippen molar-refractivity contribution < 1.29 is 0 Å². The number of rotatable bonds is 4. The summed E-state index contributed by atoms with van der Waals surface area (Å²) in [7, 11) is 8.07. The van der Waals surface area contributed by atoms with E-state index in [4.69, 9.17) is 0 Å². The van der Waals surface area contributed by atoms with Crippen LogP contribution < -0.4 is 0 Å². The van der Waals surface area contributed by atoms with Gasteiger partial charge in [-0.2, -0.15) is 0 Å². The Morgan fingerprint density at radius 2 is 1.70 bits per heavy atom. The lowest BCUT2D eigenvalue weighted by Gasteiger charge is -2.05. The first-order valence-electron chi connectivity index (χ1n) is 3.40. The van der Waals surface area contributed by atoms with Crippen LogP contribution in [0.5, 0.6) is 0 Å². The van der Waals surface area contributed by atoms with E-state index in [-0.39, 0.29) is 0 Å². The van der Waals surface area contributed by atoms with E-state index in [9.17, 15) is 0 Å². The van der Waals surface area contributed by atoms with Crippen LogP contribution in [0.1, 0.15) is 0 Å². The molecule has 0 N–H and O–H groups in total. The zero-order chi connectivity index (χ0) is 7.98. The molecule has 0 rings (SSSR count). The fraction of sp³-hybridized carbons (Fsp3) is 0.857. The van der Waals surface area contributed by atoms with Crippen molar-refractivity contribution in [3.8, 4) is 0 Å². The molecule has 3 nitrogen and oxygen atoms in total. The summed E-state index contributed by atoms with van der Waals surface area (Å²) in [4.78, 5) is 8.29. The molecule has 0 aromatic carbocycles. The molecule has 0 amide bonds. The zero-order valence-corrected chi connectivity index (χ0v) is 7.33. The van der Waals surface area contributed by atoms with Gasteiger partial charge < -0.3 is 4.90 Å². The van der Waals surface area contributed by atoms with Gasteiger partial charge in [0.05, 0.1) is 6.67 Å². The van der Waals surface area contributed by atoms with Gasteiger partial charge in [0.25, 0.3) is 0 Å². The standard InChI is InChI=1S/C7H17N3/c1-9(2)6-5-8-7-10(3)4/h5H,6-7H2,1-4H3. The topological polar surface area (TPSA) is 18.8 Å². The third-order valence-corrected chi connectivity index (χ3v) is 0.940. The Morgan fingerprint density at radius 1 is 1.10 bits per heavy atom. The Hall–Kier alpha value is -0.410. The summed E-state index contributed by atoms with van der Waals surface area (Å²) in [6.07, 6.45) is 1.93. The van der Waals surface area contributed by atoms with Gasteiger partial charge in [0.15, 0.2) is 0 Å². The molecule has 0 radical (unpaired) electrons. The molecule has 0 aromatic heterocycles. The molecule has 0 atom stereocenters. The van der Waals surface area contributed by atoms with E-state index in [1.165, 1.54) is 0 Å². The molecule has 0 fully saturated rings. The van der Waals surface area contributed by atoms with Gasteiger partial charge in [-0.1, -0.05) is 0 Å². The minimum absolute atomic E-state index is 0.786.